The van der Waals surface area contributed by atoms with Crippen LogP contribution in [0.3, 0.4) is 0 Å². The van der Waals surface area contributed by atoms with Gasteiger partial charge in [0.05, 0.1) is 24.0 Å². The Labute approximate surface area is 173 Å². The highest BCUT2D eigenvalue weighted by atomic mass is 79.9. The molecule has 0 bridgehead atoms. The first-order chi connectivity index (χ1) is 12.9. The summed E-state index contributed by atoms with van der Waals surface area (Å²) < 4.78 is 3.50. The van der Waals surface area contributed by atoms with Gasteiger partial charge < -0.3 is 10.6 Å². The summed E-state index contributed by atoms with van der Waals surface area (Å²) in [6.07, 6.45) is 3.09. The van der Waals surface area contributed by atoms with E-state index in [-0.39, 0.29) is 18.4 Å². The lowest BCUT2D eigenvalue weighted by atomic mass is 10.2. The van der Waals surface area contributed by atoms with Gasteiger partial charge in [0.25, 0.3) is 5.91 Å². The molecule has 27 heavy (non-hydrogen) atoms. The summed E-state index contributed by atoms with van der Waals surface area (Å²) in [5, 5.41) is 9.57. The van der Waals surface area contributed by atoms with Crippen molar-refractivity contribution in [2.45, 2.75) is 6.92 Å². The molecule has 0 spiro atoms. The van der Waals surface area contributed by atoms with E-state index in [0.29, 0.717) is 11.3 Å². The molecule has 6 nitrogen and oxygen atoms in total. The number of carbonyl (C=O) groups excluding carboxylic acids is 2. The number of benzene rings is 2. The largest absolute Gasteiger partial charge is 0.343 e. The normalized spacial score (nSPS) is 10.5. The van der Waals surface area contributed by atoms with E-state index >= 15 is 0 Å². The maximum atomic E-state index is 12.3. The Kier molecular flexibility index (Phi) is 6.08. The fourth-order valence-electron chi connectivity index (χ4n) is 2.40. The van der Waals surface area contributed by atoms with Crippen LogP contribution in [0, 0.1) is 6.92 Å². The van der Waals surface area contributed by atoms with Crippen molar-refractivity contribution >= 4 is 49.4 Å². The zero-order valence-corrected chi connectivity index (χ0v) is 17.5. The SMILES string of the molecule is Cc1cc(Br)ccc1NC(=O)CNC(=O)c1cnn(-c2ccc(Br)cc2)c1. The van der Waals surface area contributed by atoms with Crippen molar-refractivity contribution in [2.24, 2.45) is 0 Å². The van der Waals surface area contributed by atoms with E-state index in [4.69, 9.17) is 0 Å². The first kappa shape index (κ1) is 19.3. The number of carbonyl (C=O) groups is 2. The average Bonchev–Trinajstić information content (AvgIpc) is 3.13. The monoisotopic (exact) mass is 490 g/mol. The summed E-state index contributed by atoms with van der Waals surface area (Å²) in [4.78, 5) is 24.3. The summed E-state index contributed by atoms with van der Waals surface area (Å²) in [5.41, 5.74) is 2.85. The fourth-order valence-corrected chi connectivity index (χ4v) is 3.14. The highest BCUT2D eigenvalue weighted by Crippen LogP contribution is 2.19. The van der Waals surface area contributed by atoms with E-state index in [9.17, 15) is 9.59 Å². The molecular weight excluding hydrogens is 476 g/mol. The third kappa shape index (κ3) is 5.05. The Morgan fingerprint density at radius 2 is 1.78 bits per heavy atom. The van der Waals surface area contributed by atoms with Gasteiger partial charge >= 0.3 is 0 Å². The highest BCUT2D eigenvalue weighted by Gasteiger charge is 2.12. The van der Waals surface area contributed by atoms with Gasteiger partial charge in [-0.3, -0.25) is 9.59 Å². The molecule has 1 aromatic heterocycles. The molecule has 3 aromatic rings. The van der Waals surface area contributed by atoms with Gasteiger partial charge in [0, 0.05) is 20.8 Å². The molecule has 0 radical (unpaired) electrons. The Hall–Kier alpha value is -2.45. The van der Waals surface area contributed by atoms with Gasteiger partial charge in [0.1, 0.15) is 0 Å². The second-order valence-corrected chi connectivity index (χ2v) is 7.67. The average molecular weight is 492 g/mol. The molecule has 8 heteroatoms. The molecule has 0 unspecified atom stereocenters. The molecule has 3 rings (SSSR count). The Morgan fingerprint density at radius 1 is 1.07 bits per heavy atom. The third-order valence-corrected chi connectivity index (χ3v) is 4.83. The van der Waals surface area contributed by atoms with Crippen molar-refractivity contribution in [3.8, 4) is 5.69 Å². The first-order valence-corrected chi connectivity index (χ1v) is 9.66. The van der Waals surface area contributed by atoms with Gasteiger partial charge in [-0.15, -0.1) is 0 Å². The lowest BCUT2D eigenvalue weighted by Gasteiger charge is -2.09. The minimum Gasteiger partial charge on any atom is -0.343 e. The maximum Gasteiger partial charge on any atom is 0.254 e. The number of amides is 2. The van der Waals surface area contributed by atoms with E-state index in [2.05, 4.69) is 47.6 Å². The number of hydrogen-bond donors (Lipinski definition) is 2. The molecule has 2 aromatic carbocycles. The van der Waals surface area contributed by atoms with Crippen molar-refractivity contribution in [1.29, 1.82) is 0 Å². The molecule has 1 heterocycles. The minimum atomic E-state index is -0.360. The lowest BCUT2D eigenvalue weighted by Crippen LogP contribution is -2.32. The number of anilines is 1. The Balaban J connectivity index is 1.57. The highest BCUT2D eigenvalue weighted by molar-refractivity contribution is 9.10. The quantitative estimate of drug-likeness (QED) is 0.564. The number of nitrogens with one attached hydrogen (secondary N) is 2. The van der Waals surface area contributed by atoms with Crippen LogP contribution in [-0.4, -0.2) is 28.1 Å². The molecule has 0 aliphatic rings. The molecule has 0 saturated heterocycles. The Morgan fingerprint density at radius 3 is 2.48 bits per heavy atom. The van der Waals surface area contributed by atoms with Crippen LogP contribution in [0.4, 0.5) is 5.69 Å². The maximum absolute atomic E-state index is 12.3. The van der Waals surface area contributed by atoms with E-state index in [0.717, 1.165) is 20.2 Å². The van der Waals surface area contributed by atoms with E-state index in [1.54, 1.807) is 16.9 Å². The van der Waals surface area contributed by atoms with Crippen LogP contribution in [0.5, 0.6) is 0 Å². The van der Waals surface area contributed by atoms with Crippen molar-refractivity contribution in [2.75, 3.05) is 11.9 Å². The number of hydrogen-bond acceptors (Lipinski definition) is 3. The van der Waals surface area contributed by atoms with Crippen molar-refractivity contribution in [3.05, 3.63) is 74.9 Å². The Bertz CT molecular complexity index is 984. The molecule has 0 aliphatic heterocycles. The van der Waals surface area contributed by atoms with Gasteiger partial charge in [-0.2, -0.15) is 5.10 Å². The van der Waals surface area contributed by atoms with Gasteiger partial charge in [-0.25, -0.2) is 4.68 Å². The lowest BCUT2D eigenvalue weighted by molar-refractivity contribution is -0.115. The molecule has 0 atom stereocenters. The standard InChI is InChI=1S/C19H16Br2N4O2/c1-12-8-15(21)4-7-17(12)24-18(26)10-22-19(27)13-9-23-25(11-13)16-5-2-14(20)3-6-16/h2-9,11H,10H2,1H3,(H,22,27)(H,24,26). The molecule has 2 amide bonds. The van der Waals surface area contributed by atoms with Crippen LogP contribution in [0.25, 0.3) is 5.69 Å². The van der Waals surface area contributed by atoms with Crippen LogP contribution < -0.4 is 10.6 Å². The molecule has 0 saturated carbocycles. The van der Waals surface area contributed by atoms with E-state index in [1.165, 1.54) is 6.20 Å². The summed E-state index contributed by atoms with van der Waals surface area (Å²) in [5.74, 6) is -0.657. The molecule has 0 fully saturated rings. The predicted molar refractivity (Wildman–Crippen MR) is 111 cm³/mol. The smallest absolute Gasteiger partial charge is 0.254 e. The fraction of sp³-hybridized carbons (Fsp3) is 0.105. The van der Waals surface area contributed by atoms with Crippen LogP contribution in [-0.2, 0) is 4.79 Å². The van der Waals surface area contributed by atoms with Crippen LogP contribution in [0.15, 0.2) is 63.8 Å². The van der Waals surface area contributed by atoms with E-state index in [1.807, 2.05) is 43.3 Å². The third-order valence-electron chi connectivity index (χ3n) is 3.81. The van der Waals surface area contributed by atoms with Crippen LogP contribution >= 0.6 is 31.9 Å². The summed E-state index contributed by atoms with van der Waals surface area (Å²) in [7, 11) is 0. The summed E-state index contributed by atoms with van der Waals surface area (Å²) in [6.45, 7) is 1.77. The number of aromatic nitrogens is 2. The molecule has 0 aliphatic carbocycles. The topological polar surface area (TPSA) is 76.0 Å². The van der Waals surface area contributed by atoms with Crippen molar-refractivity contribution < 1.29 is 9.59 Å². The van der Waals surface area contributed by atoms with Crippen LogP contribution in [0.2, 0.25) is 0 Å². The number of aryl methyl sites for hydroxylation is 1. The zero-order valence-electron chi connectivity index (χ0n) is 14.4. The van der Waals surface area contributed by atoms with Gasteiger partial charge in [-0.1, -0.05) is 31.9 Å². The van der Waals surface area contributed by atoms with Crippen molar-refractivity contribution in [3.63, 3.8) is 0 Å². The number of nitrogens with zero attached hydrogens (tertiary/aromatic N) is 2. The molecule has 138 valence electrons. The number of halogens is 2. The molecular formula is C19H16Br2N4O2. The summed E-state index contributed by atoms with van der Waals surface area (Å²) in [6, 6.07) is 13.1. The first-order valence-electron chi connectivity index (χ1n) is 8.07. The second kappa shape index (κ2) is 8.49. The second-order valence-electron chi connectivity index (χ2n) is 5.84. The molecule has 2 N–H and O–H groups in total. The van der Waals surface area contributed by atoms with Gasteiger partial charge in [0.2, 0.25) is 5.91 Å². The van der Waals surface area contributed by atoms with Crippen molar-refractivity contribution in [1.82, 2.24) is 15.1 Å². The van der Waals surface area contributed by atoms with Gasteiger partial charge in [0.15, 0.2) is 0 Å². The minimum absolute atomic E-state index is 0.127. The van der Waals surface area contributed by atoms with Gasteiger partial charge in [-0.05, 0) is 55.0 Å². The van der Waals surface area contributed by atoms with E-state index < -0.39 is 0 Å². The zero-order chi connectivity index (χ0) is 19.4. The van der Waals surface area contributed by atoms with Crippen LogP contribution in [0.1, 0.15) is 15.9 Å². The predicted octanol–water partition coefficient (Wildman–Crippen LogP) is 4.07. The number of rotatable bonds is 5. The summed E-state index contributed by atoms with van der Waals surface area (Å²) >= 11 is 6.76.